The predicted molar refractivity (Wildman–Crippen MR) is 98.7 cm³/mol. The Morgan fingerprint density at radius 3 is 2.67 bits per heavy atom. The molecule has 0 atom stereocenters. The first-order chi connectivity index (χ1) is 13.0. The Morgan fingerprint density at radius 1 is 1.19 bits per heavy atom. The van der Waals surface area contributed by atoms with Crippen LogP contribution < -0.4 is 5.32 Å². The second-order valence-corrected chi connectivity index (χ2v) is 6.02. The highest BCUT2D eigenvalue weighted by atomic mass is 16.6. The molecule has 3 heterocycles. The van der Waals surface area contributed by atoms with Crippen molar-refractivity contribution in [2.24, 2.45) is 0 Å². The molecule has 0 aliphatic carbocycles. The molecule has 4 aromatic rings. The first kappa shape index (κ1) is 16.5. The van der Waals surface area contributed by atoms with Gasteiger partial charge in [0.15, 0.2) is 5.76 Å². The molecule has 0 aliphatic rings. The summed E-state index contributed by atoms with van der Waals surface area (Å²) in [6.07, 6.45) is 3.89. The summed E-state index contributed by atoms with van der Waals surface area (Å²) < 4.78 is 6.84. The van der Waals surface area contributed by atoms with Crippen LogP contribution in [0.1, 0.15) is 16.1 Å². The number of anilines is 1. The number of hydrogen-bond donors (Lipinski definition) is 1. The fourth-order valence-electron chi connectivity index (χ4n) is 2.69. The number of nitrogens with zero attached hydrogens (tertiary/aromatic N) is 3. The van der Waals surface area contributed by atoms with E-state index in [0.29, 0.717) is 5.69 Å². The molecule has 0 fully saturated rings. The van der Waals surface area contributed by atoms with Gasteiger partial charge in [0.1, 0.15) is 10.6 Å². The van der Waals surface area contributed by atoms with E-state index < -0.39 is 16.7 Å². The number of pyridine rings is 1. The minimum Gasteiger partial charge on any atom is -0.395 e. The largest absolute Gasteiger partial charge is 0.433 e. The standard InChI is InChI=1S/C19H14N4O4/c1-12-8-9-22-11-15(21-17(22)10-12)13-2-4-14(5-3-13)20-19(24)16-6-7-18(27-16)23(25)26/h2-11H,1H3,(H,20,24). The van der Waals surface area contributed by atoms with E-state index in [2.05, 4.69) is 10.3 Å². The zero-order valence-corrected chi connectivity index (χ0v) is 14.2. The maximum atomic E-state index is 12.1. The average Bonchev–Trinajstić information content (AvgIpc) is 3.29. The normalized spacial score (nSPS) is 10.9. The number of amides is 1. The molecule has 1 aromatic carbocycles. The van der Waals surface area contributed by atoms with Crippen LogP contribution in [0.25, 0.3) is 16.9 Å². The molecular formula is C19H14N4O4. The molecule has 3 aromatic heterocycles. The van der Waals surface area contributed by atoms with E-state index in [-0.39, 0.29) is 5.76 Å². The number of carbonyl (C=O) groups is 1. The molecule has 0 saturated heterocycles. The molecule has 27 heavy (non-hydrogen) atoms. The van der Waals surface area contributed by atoms with Crippen molar-refractivity contribution >= 4 is 23.1 Å². The van der Waals surface area contributed by atoms with Crippen molar-refractivity contribution in [2.45, 2.75) is 6.92 Å². The van der Waals surface area contributed by atoms with Crippen LogP contribution in [0.15, 0.2) is 65.3 Å². The van der Waals surface area contributed by atoms with Gasteiger partial charge in [-0.05, 0) is 42.8 Å². The van der Waals surface area contributed by atoms with Crippen LogP contribution >= 0.6 is 0 Å². The number of fused-ring (bicyclic) bond motifs is 1. The SMILES string of the molecule is Cc1ccn2cc(-c3ccc(NC(=O)c4ccc([N+](=O)[O-])o4)cc3)nc2c1. The summed E-state index contributed by atoms with van der Waals surface area (Å²) in [7, 11) is 0. The quantitative estimate of drug-likeness (QED) is 0.435. The Morgan fingerprint density at radius 2 is 1.96 bits per heavy atom. The Labute approximate surface area is 153 Å². The number of nitro groups is 1. The lowest BCUT2D eigenvalue weighted by Crippen LogP contribution is -2.10. The van der Waals surface area contributed by atoms with Gasteiger partial charge in [-0.2, -0.15) is 0 Å². The maximum Gasteiger partial charge on any atom is 0.433 e. The van der Waals surface area contributed by atoms with Gasteiger partial charge in [0.05, 0.1) is 11.8 Å². The van der Waals surface area contributed by atoms with Gasteiger partial charge < -0.3 is 14.1 Å². The van der Waals surface area contributed by atoms with Crippen LogP contribution in [-0.2, 0) is 0 Å². The zero-order valence-electron chi connectivity index (χ0n) is 14.2. The molecule has 1 N–H and O–H groups in total. The van der Waals surface area contributed by atoms with E-state index in [4.69, 9.17) is 4.42 Å². The van der Waals surface area contributed by atoms with Crippen LogP contribution in [0, 0.1) is 17.0 Å². The topological polar surface area (TPSA) is 103 Å². The first-order valence-corrected chi connectivity index (χ1v) is 8.11. The van der Waals surface area contributed by atoms with Crippen molar-refractivity contribution < 1.29 is 14.1 Å². The van der Waals surface area contributed by atoms with Crippen molar-refractivity contribution in [2.75, 3.05) is 5.32 Å². The van der Waals surface area contributed by atoms with E-state index >= 15 is 0 Å². The number of hydrogen-bond acceptors (Lipinski definition) is 5. The summed E-state index contributed by atoms with van der Waals surface area (Å²) in [5.41, 5.74) is 4.27. The lowest BCUT2D eigenvalue weighted by atomic mass is 10.1. The van der Waals surface area contributed by atoms with Gasteiger partial charge in [0.25, 0.3) is 5.91 Å². The fourth-order valence-corrected chi connectivity index (χ4v) is 2.69. The molecular weight excluding hydrogens is 348 g/mol. The monoisotopic (exact) mass is 362 g/mol. The van der Waals surface area contributed by atoms with Gasteiger partial charge in [0, 0.05) is 23.6 Å². The van der Waals surface area contributed by atoms with Crippen molar-refractivity contribution in [3.63, 3.8) is 0 Å². The van der Waals surface area contributed by atoms with Gasteiger partial charge in [-0.25, -0.2) is 4.98 Å². The molecule has 134 valence electrons. The van der Waals surface area contributed by atoms with Gasteiger partial charge in [0.2, 0.25) is 0 Å². The average molecular weight is 362 g/mol. The van der Waals surface area contributed by atoms with Crippen molar-refractivity contribution in [3.8, 4) is 11.3 Å². The molecule has 0 spiro atoms. The second kappa shape index (κ2) is 6.41. The molecule has 8 nitrogen and oxygen atoms in total. The van der Waals surface area contributed by atoms with Crippen LogP contribution in [0.5, 0.6) is 0 Å². The number of carbonyl (C=O) groups excluding carboxylic acids is 1. The number of imidazole rings is 1. The number of rotatable bonds is 4. The molecule has 0 saturated carbocycles. The van der Waals surface area contributed by atoms with Crippen molar-refractivity contribution in [1.29, 1.82) is 0 Å². The number of nitrogens with one attached hydrogen (secondary N) is 1. The summed E-state index contributed by atoms with van der Waals surface area (Å²) in [5.74, 6) is -1.15. The van der Waals surface area contributed by atoms with E-state index in [1.807, 2.05) is 48.0 Å². The Kier molecular flexibility index (Phi) is 3.92. The summed E-state index contributed by atoms with van der Waals surface area (Å²) in [6.45, 7) is 2.01. The highest BCUT2D eigenvalue weighted by Gasteiger charge is 2.17. The number of benzene rings is 1. The summed E-state index contributed by atoms with van der Waals surface area (Å²) in [5, 5.41) is 13.3. The highest BCUT2D eigenvalue weighted by molar-refractivity contribution is 6.02. The Hall–Kier alpha value is -3.94. The van der Waals surface area contributed by atoms with E-state index in [1.165, 1.54) is 6.07 Å². The van der Waals surface area contributed by atoms with Crippen molar-refractivity contribution in [1.82, 2.24) is 9.38 Å². The molecule has 0 unspecified atom stereocenters. The van der Waals surface area contributed by atoms with Gasteiger partial charge in [-0.1, -0.05) is 12.1 Å². The predicted octanol–water partition coefficient (Wildman–Crippen LogP) is 4.06. The van der Waals surface area contributed by atoms with Crippen molar-refractivity contribution in [3.05, 3.63) is 82.4 Å². The Balaban J connectivity index is 1.52. The second-order valence-electron chi connectivity index (χ2n) is 6.02. The zero-order chi connectivity index (χ0) is 19.0. The summed E-state index contributed by atoms with van der Waals surface area (Å²) >= 11 is 0. The maximum absolute atomic E-state index is 12.1. The van der Waals surface area contributed by atoms with E-state index in [1.54, 1.807) is 12.1 Å². The molecule has 0 aliphatic heterocycles. The van der Waals surface area contributed by atoms with Crippen LogP contribution in [-0.4, -0.2) is 20.2 Å². The smallest absolute Gasteiger partial charge is 0.395 e. The molecule has 8 heteroatoms. The lowest BCUT2D eigenvalue weighted by molar-refractivity contribution is -0.402. The summed E-state index contributed by atoms with van der Waals surface area (Å²) in [6, 6.07) is 13.6. The number of furan rings is 1. The third-order valence-corrected chi connectivity index (χ3v) is 4.05. The van der Waals surface area contributed by atoms with E-state index in [0.717, 1.165) is 28.5 Å². The fraction of sp³-hybridized carbons (Fsp3) is 0.0526. The third kappa shape index (κ3) is 3.28. The van der Waals surface area contributed by atoms with Crippen LogP contribution in [0.3, 0.4) is 0 Å². The molecule has 1 amide bonds. The Bertz CT molecular complexity index is 1160. The van der Waals surface area contributed by atoms with Crippen LogP contribution in [0.2, 0.25) is 0 Å². The molecule has 0 radical (unpaired) electrons. The lowest BCUT2D eigenvalue weighted by Gasteiger charge is -2.04. The first-order valence-electron chi connectivity index (χ1n) is 8.11. The number of aromatic nitrogens is 2. The van der Waals surface area contributed by atoms with E-state index in [9.17, 15) is 14.9 Å². The van der Waals surface area contributed by atoms with Gasteiger partial charge in [-0.15, -0.1) is 0 Å². The van der Waals surface area contributed by atoms with Gasteiger partial charge >= 0.3 is 5.88 Å². The molecule has 4 rings (SSSR count). The molecule has 0 bridgehead atoms. The highest BCUT2D eigenvalue weighted by Crippen LogP contribution is 2.23. The summed E-state index contributed by atoms with van der Waals surface area (Å²) in [4.78, 5) is 26.6. The van der Waals surface area contributed by atoms with Gasteiger partial charge in [-0.3, -0.25) is 14.9 Å². The minimum absolute atomic E-state index is 0.124. The third-order valence-electron chi connectivity index (χ3n) is 4.05. The number of aryl methyl sites for hydroxylation is 1. The van der Waals surface area contributed by atoms with Crippen LogP contribution in [0.4, 0.5) is 11.6 Å². The minimum atomic E-state index is -0.693.